The molecule has 1 unspecified atom stereocenters. The van der Waals surface area contributed by atoms with Crippen LogP contribution in [0.2, 0.25) is 0 Å². The highest BCUT2D eigenvalue weighted by Crippen LogP contribution is 2.45. The third kappa shape index (κ3) is 5.92. The van der Waals surface area contributed by atoms with Crippen molar-refractivity contribution in [2.24, 2.45) is 0 Å². The molecule has 0 radical (unpaired) electrons. The summed E-state index contributed by atoms with van der Waals surface area (Å²) in [6, 6.07) is 11.8. The van der Waals surface area contributed by atoms with Gasteiger partial charge in [0.25, 0.3) is 5.56 Å². The summed E-state index contributed by atoms with van der Waals surface area (Å²) in [6.45, 7) is 0.616. The van der Waals surface area contributed by atoms with Gasteiger partial charge in [-0.05, 0) is 54.4 Å². The van der Waals surface area contributed by atoms with Gasteiger partial charge in [-0.1, -0.05) is 24.3 Å². The van der Waals surface area contributed by atoms with Gasteiger partial charge >= 0.3 is 6.18 Å². The SMILES string of the molecule is COc1c(/C=C/c2ccc(NS(C)(=O)=O)cc2)cc(-c2ccc[nH]c2=O)cc1C(C)(O)C(F)(F)F. The van der Waals surface area contributed by atoms with Crippen LogP contribution in [0.25, 0.3) is 23.3 Å². The number of ether oxygens (including phenoxy) is 1. The highest BCUT2D eigenvalue weighted by atomic mass is 32.2. The first-order chi connectivity index (χ1) is 16.2. The van der Waals surface area contributed by atoms with E-state index >= 15 is 0 Å². The van der Waals surface area contributed by atoms with E-state index in [1.807, 2.05) is 0 Å². The van der Waals surface area contributed by atoms with E-state index in [4.69, 9.17) is 4.74 Å². The molecule has 11 heteroatoms. The van der Waals surface area contributed by atoms with Crippen molar-refractivity contribution in [1.29, 1.82) is 0 Å². The molecular formula is C24H23F3N2O5S. The largest absolute Gasteiger partial charge is 0.496 e. The van der Waals surface area contributed by atoms with E-state index in [0.717, 1.165) is 12.3 Å². The average molecular weight is 509 g/mol. The van der Waals surface area contributed by atoms with Crippen LogP contribution in [0.1, 0.15) is 23.6 Å². The third-order valence-corrected chi connectivity index (χ3v) is 5.80. The zero-order chi connectivity index (χ0) is 26.0. The average Bonchev–Trinajstić information content (AvgIpc) is 2.76. The van der Waals surface area contributed by atoms with E-state index in [0.29, 0.717) is 18.2 Å². The highest BCUT2D eigenvalue weighted by Gasteiger charge is 2.53. The number of aliphatic hydroxyl groups is 1. The lowest BCUT2D eigenvalue weighted by Crippen LogP contribution is -2.39. The van der Waals surface area contributed by atoms with Crippen molar-refractivity contribution in [3.05, 3.63) is 81.8 Å². The first kappa shape index (κ1) is 26.0. The molecule has 3 aromatic rings. The van der Waals surface area contributed by atoms with Crippen molar-refractivity contribution < 1.29 is 31.4 Å². The summed E-state index contributed by atoms with van der Waals surface area (Å²) in [5.41, 5.74) is -2.93. The topological polar surface area (TPSA) is 108 Å². The number of anilines is 1. The van der Waals surface area contributed by atoms with Crippen molar-refractivity contribution in [1.82, 2.24) is 4.98 Å². The molecule has 7 nitrogen and oxygen atoms in total. The Bertz CT molecular complexity index is 1410. The van der Waals surface area contributed by atoms with Gasteiger partial charge in [0.05, 0.1) is 13.4 Å². The fourth-order valence-corrected chi connectivity index (χ4v) is 3.95. The summed E-state index contributed by atoms with van der Waals surface area (Å²) in [7, 11) is -2.26. The molecule has 2 aromatic carbocycles. The minimum Gasteiger partial charge on any atom is -0.496 e. The van der Waals surface area contributed by atoms with Crippen LogP contribution in [-0.2, 0) is 15.6 Å². The van der Waals surface area contributed by atoms with Crippen LogP contribution in [0.5, 0.6) is 5.75 Å². The number of sulfonamides is 1. The minimum atomic E-state index is -5.02. The van der Waals surface area contributed by atoms with Crippen LogP contribution >= 0.6 is 0 Å². The molecular weight excluding hydrogens is 485 g/mol. The van der Waals surface area contributed by atoms with E-state index < -0.39 is 32.9 Å². The normalized spacial score (nSPS) is 14.0. The lowest BCUT2D eigenvalue weighted by atomic mass is 9.88. The second-order valence-electron chi connectivity index (χ2n) is 7.96. The number of halogens is 3. The molecule has 3 rings (SSSR count). The van der Waals surface area contributed by atoms with Crippen LogP contribution in [0.3, 0.4) is 0 Å². The zero-order valence-corrected chi connectivity index (χ0v) is 19.8. The monoisotopic (exact) mass is 508 g/mol. The Morgan fingerprint density at radius 1 is 1.09 bits per heavy atom. The molecule has 0 amide bonds. The molecule has 1 atom stereocenters. The Balaban J connectivity index is 2.16. The first-order valence-corrected chi connectivity index (χ1v) is 12.1. The summed E-state index contributed by atoms with van der Waals surface area (Å²) in [6.07, 6.45) is 0.448. The van der Waals surface area contributed by atoms with E-state index in [9.17, 15) is 31.5 Å². The van der Waals surface area contributed by atoms with Gasteiger partial charge in [-0.3, -0.25) is 9.52 Å². The number of aromatic amines is 1. The molecule has 3 N–H and O–H groups in total. The van der Waals surface area contributed by atoms with E-state index in [2.05, 4.69) is 9.71 Å². The first-order valence-electron chi connectivity index (χ1n) is 10.2. The molecule has 1 heterocycles. The number of hydrogen-bond acceptors (Lipinski definition) is 5. The van der Waals surface area contributed by atoms with Crippen molar-refractivity contribution in [3.8, 4) is 16.9 Å². The molecule has 0 aliphatic carbocycles. The van der Waals surface area contributed by atoms with E-state index in [-0.39, 0.29) is 22.4 Å². The van der Waals surface area contributed by atoms with Crippen molar-refractivity contribution in [2.75, 3.05) is 18.1 Å². The molecule has 0 saturated carbocycles. The zero-order valence-electron chi connectivity index (χ0n) is 19.0. The number of aromatic nitrogens is 1. The summed E-state index contributed by atoms with van der Waals surface area (Å²) in [5.74, 6) is -0.213. The Kier molecular flexibility index (Phi) is 7.13. The Hall–Kier alpha value is -3.57. The lowest BCUT2D eigenvalue weighted by Gasteiger charge is -2.29. The fourth-order valence-electron chi connectivity index (χ4n) is 3.38. The number of pyridine rings is 1. The highest BCUT2D eigenvalue weighted by molar-refractivity contribution is 7.92. The third-order valence-electron chi connectivity index (χ3n) is 5.20. The molecule has 0 aliphatic rings. The van der Waals surface area contributed by atoms with Gasteiger partial charge in [0, 0.05) is 28.6 Å². The maximum atomic E-state index is 13.7. The van der Waals surface area contributed by atoms with Crippen LogP contribution in [-0.4, -0.2) is 38.1 Å². The van der Waals surface area contributed by atoms with E-state index in [1.54, 1.807) is 18.2 Å². The Morgan fingerprint density at radius 3 is 2.29 bits per heavy atom. The van der Waals surface area contributed by atoms with Gasteiger partial charge in [-0.2, -0.15) is 13.2 Å². The van der Waals surface area contributed by atoms with Gasteiger partial charge in [-0.15, -0.1) is 0 Å². The maximum absolute atomic E-state index is 13.7. The second kappa shape index (κ2) is 9.59. The number of methoxy groups -OCH3 is 1. The standard InChI is InChI=1S/C24H23F3N2O5S/c1-23(31,24(25,26)27)20-14-17(19-5-4-12-28-22(19)30)13-16(21(20)34-2)9-6-15-7-10-18(11-8-15)29-35(3,32)33/h4-14,29,31H,1-3H3,(H,28,30)/b9-6+. The molecule has 35 heavy (non-hydrogen) atoms. The quantitative estimate of drug-likeness (QED) is 0.411. The lowest BCUT2D eigenvalue weighted by molar-refractivity contribution is -0.259. The number of benzene rings is 2. The van der Waals surface area contributed by atoms with Crippen LogP contribution in [0.4, 0.5) is 18.9 Å². The van der Waals surface area contributed by atoms with Gasteiger partial charge in [0.1, 0.15) is 5.75 Å². The van der Waals surface area contributed by atoms with Gasteiger partial charge in [0.2, 0.25) is 10.0 Å². The maximum Gasteiger partial charge on any atom is 0.421 e. The minimum absolute atomic E-state index is 0.111. The van der Waals surface area contributed by atoms with E-state index in [1.165, 1.54) is 49.7 Å². The number of hydrogen-bond donors (Lipinski definition) is 3. The van der Waals surface area contributed by atoms with Crippen LogP contribution in [0.15, 0.2) is 59.5 Å². The molecule has 0 spiro atoms. The summed E-state index contributed by atoms with van der Waals surface area (Å²) >= 11 is 0. The smallest absolute Gasteiger partial charge is 0.421 e. The summed E-state index contributed by atoms with van der Waals surface area (Å²) < 4.78 is 71.6. The van der Waals surface area contributed by atoms with Crippen LogP contribution < -0.4 is 15.0 Å². The molecule has 1 aromatic heterocycles. The predicted octanol–water partition coefficient (Wildman–Crippen LogP) is 4.36. The van der Waals surface area contributed by atoms with Crippen molar-refractivity contribution >= 4 is 27.9 Å². The molecule has 0 fully saturated rings. The van der Waals surface area contributed by atoms with Crippen molar-refractivity contribution in [2.45, 2.75) is 18.7 Å². The van der Waals surface area contributed by atoms with Crippen molar-refractivity contribution in [3.63, 3.8) is 0 Å². The van der Waals surface area contributed by atoms with Gasteiger partial charge < -0.3 is 14.8 Å². The second-order valence-corrected chi connectivity index (χ2v) is 9.71. The molecule has 0 bridgehead atoms. The fraction of sp³-hybridized carbons (Fsp3) is 0.208. The van der Waals surface area contributed by atoms with Crippen LogP contribution in [0, 0.1) is 0 Å². The summed E-state index contributed by atoms with van der Waals surface area (Å²) in [4.78, 5) is 14.8. The van der Waals surface area contributed by atoms with Gasteiger partial charge in [-0.25, -0.2) is 8.42 Å². The molecule has 186 valence electrons. The molecule has 0 saturated heterocycles. The Labute approximate surface area is 200 Å². The van der Waals surface area contributed by atoms with Gasteiger partial charge in [0.15, 0.2) is 5.60 Å². The molecule has 0 aliphatic heterocycles. The number of nitrogens with one attached hydrogen (secondary N) is 2. The Morgan fingerprint density at radius 2 is 1.74 bits per heavy atom. The summed E-state index contributed by atoms with van der Waals surface area (Å²) in [5, 5.41) is 10.4. The number of alkyl halides is 3. The number of rotatable bonds is 7. The number of H-pyrrole nitrogens is 1. The predicted molar refractivity (Wildman–Crippen MR) is 129 cm³/mol.